The molecular formula is C11H8ClFIN3. The second-order valence-electron chi connectivity index (χ2n) is 3.26. The van der Waals surface area contributed by atoms with E-state index in [0.717, 1.165) is 9.39 Å². The zero-order valence-corrected chi connectivity index (χ0v) is 11.8. The number of anilines is 1. The minimum absolute atomic E-state index is 0.299. The lowest BCUT2D eigenvalue weighted by atomic mass is 10.2. The van der Waals surface area contributed by atoms with Gasteiger partial charge in [-0.1, -0.05) is 11.6 Å². The summed E-state index contributed by atoms with van der Waals surface area (Å²) in [5, 5.41) is 3.26. The van der Waals surface area contributed by atoms with Gasteiger partial charge in [-0.2, -0.15) is 0 Å². The van der Waals surface area contributed by atoms with Crippen LogP contribution < -0.4 is 5.32 Å². The standard InChI is InChI=1S/C11H8ClFIN3/c1-15-11-9(14)5-16-10(17-11)7-3-2-6(13)4-8(7)12/h2-5H,1H3,(H,15,16,17). The predicted octanol–water partition coefficient (Wildman–Crippen LogP) is 3.58. The Morgan fingerprint density at radius 1 is 1.41 bits per heavy atom. The molecule has 3 nitrogen and oxygen atoms in total. The van der Waals surface area contributed by atoms with E-state index in [-0.39, 0.29) is 5.82 Å². The summed E-state index contributed by atoms with van der Waals surface area (Å²) in [5.74, 6) is 0.814. The van der Waals surface area contributed by atoms with Crippen molar-refractivity contribution in [3.8, 4) is 11.4 Å². The van der Waals surface area contributed by atoms with Crippen LogP contribution in [0.4, 0.5) is 10.2 Å². The molecule has 1 heterocycles. The quantitative estimate of drug-likeness (QED) is 0.829. The number of hydrogen-bond acceptors (Lipinski definition) is 3. The fraction of sp³-hybridized carbons (Fsp3) is 0.0909. The van der Waals surface area contributed by atoms with Crippen molar-refractivity contribution in [3.05, 3.63) is 38.8 Å². The predicted molar refractivity (Wildman–Crippen MR) is 74.7 cm³/mol. The third kappa shape index (κ3) is 2.66. The summed E-state index contributed by atoms with van der Waals surface area (Å²) >= 11 is 8.09. The highest BCUT2D eigenvalue weighted by Gasteiger charge is 2.09. The van der Waals surface area contributed by atoms with E-state index in [1.54, 1.807) is 19.3 Å². The van der Waals surface area contributed by atoms with Gasteiger partial charge >= 0.3 is 0 Å². The van der Waals surface area contributed by atoms with E-state index in [4.69, 9.17) is 11.6 Å². The van der Waals surface area contributed by atoms with Gasteiger partial charge in [-0.05, 0) is 40.8 Å². The first kappa shape index (κ1) is 12.5. The van der Waals surface area contributed by atoms with Crippen molar-refractivity contribution < 1.29 is 4.39 Å². The van der Waals surface area contributed by atoms with E-state index in [1.807, 2.05) is 0 Å². The van der Waals surface area contributed by atoms with E-state index >= 15 is 0 Å². The molecule has 0 atom stereocenters. The van der Waals surface area contributed by atoms with Gasteiger partial charge in [0, 0.05) is 18.8 Å². The van der Waals surface area contributed by atoms with Gasteiger partial charge in [-0.25, -0.2) is 14.4 Å². The van der Waals surface area contributed by atoms with Crippen LogP contribution in [0.25, 0.3) is 11.4 Å². The normalized spacial score (nSPS) is 10.4. The molecule has 2 rings (SSSR count). The summed E-state index contributed by atoms with van der Waals surface area (Å²) in [5.41, 5.74) is 0.612. The first-order valence-electron chi connectivity index (χ1n) is 4.77. The SMILES string of the molecule is CNc1nc(-c2ccc(F)cc2Cl)ncc1I. The number of rotatable bonds is 2. The Morgan fingerprint density at radius 2 is 2.18 bits per heavy atom. The van der Waals surface area contributed by atoms with E-state index in [0.29, 0.717) is 16.4 Å². The molecule has 0 aliphatic heterocycles. The van der Waals surface area contributed by atoms with Gasteiger partial charge in [0.2, 0.25) is 0 Å². The molecule has 0 bridgehead atoms. The summed E-state index contributed by atoms with van der Waals surface area (Å²) in [6, 6.07) is 4.15. The summed E-state index contributed by atoms with van der Waals surface area (Å²) in [6.07, 6.45) is 1.69. The van der Waals surface area contributed by atoms with Crippen molar-refractivity contribution in [1.82, 2.24) is 9.97 Å². The molecule has 0 spiro atoms. The molecule has 0 saturated carbocycles. The van der Waals surface area contributed by atoms with Crippen LogP contribution in [0.5, 0.6) is 0 Å². The van der Waals surface area contributed by atoms with Crippen LogP contribution in [0.1, 0.15) is 0 Å². The molecule has 6 heteroatoms. The minimum Gasteiger partial charge on any atom is -0.372 e. The molecule has 0 aliphatic rings. The molecule has 0 unspecified atom stereocenters. The first-order chi connectivity index (χ1) is 8.11. The van der Waals surface area contributed by atoms with Crippen LogP contribution in [-0.2, 0) is 0 Å². The second-order valence-corrected chi connectivity index (χ2v) is 4.83. The van der Waals surface area contributed by atoms with Crippen molar-refractivity contribution in [2.24, 2.45) is 0 Å². The molecule has 2 aromatic rings. The van der Waals surface area contributed by atoms with Gasteiger partial charge < -0.3 is 5.32 Å². The molecule has 1 N–H and O–H groups in total. The second kappa shape index (κ2) is 5.14. The molecule has 88 valence electrons. The van der Waals surface area contributed by atoms with Crippen LogP contribution in [0.15, 0.2) is 24.4 Å². The lowest BCUT2D eigenvalue weighted by Gasteiger charge is -2.06. The van der Waals surface area contributed by atoms with Gasteiger partial charge in [0.1, 0.15) is 11.6 Å². The maximum Gasteiger partial charge on any atom is 0.163 e. The van der Waals surface area contributed by atoms with Crippen LogP contribution in [0.2, 0.25) is 5.02 Å². The number of hydrogen-bond donors (Lipinski definition) is 1. The van der Waals surface area contributed by atoms with Crippen LogP contribution in [0, 0.1) is 9.39 Å². The zero-order valence-electron chi connectivity index (χ0n) is 8.84. The van der Waals surface area contributed by atoms with Crippen molar-refractivity contribution in [1.29, 1.82) is 0 Å². The molecule has 17 heavy (non-hydrogen) atoms. The molecule has 0 fully saturated rings. The van der Waals surface area contributed by atoms with Crippen molar-refractivity contribution in [2.45, 2.75) is 0 Å². The fourth-order valence-electron chi connectivity index (χ4n) is 1.34. The Kier molecular flexibility index (Phi) is 3.78. The van der Waals surface area contributed by atoms with Gasteiger partial charge in [0.25, 0.3) is 0 Å². The minimum atomic E-state index is -0.377. The smallest absolute Gasteiger partial charge is 0.163 e. The monoisotopic (exact) mass is 363 g/mol. The lowest BCUT2D eigenvalue weighted by Crippen LogP contribution is -1.99. The number of halogens is 3. The molecule has 1 aromatic carbocycles. The Balaban J connectivity index is 2.53. The third-order valence-electron chi connectivity index (χ3n) is 2.15. The average Bonchev–Trinajstić information content (AvgIpc) is 2.30. The summed E-state index contributed by atoms with van der Waals surface area (Å²) in [7, 11) is 1.78. The first-order valence-corrected chi connectivity index (χ1v) is 6.23. The van der Waals surface area contributed by atoms with Crippen LogP contribution in [0.3, 0.4) is 0 Å². The number of benzene rings is 1. The topological polar surface area (TPSA) is 37.8 Å². The summed E-state index contributed by atoms with van der Waals surface area (Å²) in [6.45, 7) is 0. The largest absolute Gasteiger partial charge is 0.372 e. The Morgan fingerprint density at radius 3 is 2.82 bits per heavy atom. The summed E-state index contributed by atoms with van der Waals surface area (Å²) < 4.78 is 13.8. The number of nitrogens with one attached hydrogen (secondary N) is 1. The Labute approximate surface area is 117 Å². The molecule has 0 aliphatic carbocycles. The Hall–Kier alpha value is -0.950. The van der Waals surface area contributed by atoms with Crippen molar-refractivity contribution in [2.75, 3.05) is 12.4 Å². The number of nitrogens with zero attached hydrogens (tertiary/aromatic N) is 2. The van der Waals surface area contributed by atoms with Gasteiger partial charge in [-0.15, -0.1) is 0 Å². The highest BCUT2D eigenvalue weighted by Crippen LogP contribution is 2.27. The number of aromatic nitrogens is 2. The maximum atomic E-state index is 12.9. The Bertz CT molecular complexity index is 562. The summed E-state index contributed by atoms with van der Waals surface area (Å²) in [4.78, 5) is 8.50. The van der Waals surface area contributed by atoms with E-state index in [9.17, 15) is 4.39 Å². The van der Waals surface area contributed by atoms with Gasteiger partial charge in [-0.3, -0.25) is 0 Å². The van der Waals surface area contributed by atoms with E-state index < -0.39 is 0 Å². The molecular weight excluding hydrogens is 355 g/mol. The average molecular weight is 364 g/mol. The molecule has 0 amide bonds. The highest BCUT2D eigenvalue weighted by molar-refractivity contribution is 14.1. The molecule has 0 saturated heterocycles. The third-order valence-corrected chi connectivity index (χ3v) is 3.26. The highest BCUT2D eigenvalue weighted by atomic mass is 127. The van der Waals surface area contributed by atoms with Gasteiger partial charge in [0.15, 0.2) is 5.82 Å². The van der Waals surface area contributed by atoms with Crippen LogP contribution >= 0.6 is 34.2 Å². The van der Waals surface area contributed by atoms with E-state index in [1.165, 1.54) is 12.1 Å². The maximum absolute atomic E-state index is 12.9. The van der Waals surface area contributed by atoms with Gasteiger partial charge in [0.05, 0.1) is 8.59 Å². The fourth-order valence-corrected chi connectivity index (χ4v) is 2.12. The van der Waals surface area contributed by atoms with Crippen molar-refractivity contribution >= 4 is 40.0 Å². The molecule has 1 aromatic heterocycles. The van der Waals surface area contributed by atoms with Crippen LogP contribution in [-0.4, -0.2) is 17.0 Å². The van der Waals surface area contributed by atoms with Crippen molar-refractivity contribution in [3.63, 3.8) is 0 Å². The lowest BCUT2D eigenvalue weighted by molar-refractivity contribution is 0.628. The zero-order chi connectivity index (χ0) is 12.4. The van der Waals surface area contributed by atoms with E-state index in [2.05, 4.69) is 37.9 Å². The molecule has 0 radical (unpaired) electrons.